The number of carbonyl (C=O) groups excluding carboxylic acids is 1. The van der Waals surface area contributed by atoms with E-state index in [2.05, 4.69) is 5.32 Å². The van der Waals surface area contributed by atoms with E-state index in [9.17, 15) is 19.7 Å². The van der Waals surface area contributed by atoms with Crippen LogP contribution in [0.4, 0.5) is 11.4 Å². The molecule has 1 aromatic carbocycles. The quantitative estimate of drug-likeness (QED) is 0.651. The fourth-order valence-electron chi connectivity index (χ4n) is 1.46. The van der Waals surface area contributed by atoms with Gasteiger partial charge in [-0.3, -0.25) is 14.9 Å². The predicted octanol–water partition coefficient (Wildman–Crippen LogP) is 2.14. The number of furan rings is 1. The van der Waals surface area contributed by atoms with Crippen molar-refractivity contribution in [3.63, 3.8) is 0 Å². The van der Waals surface area contributed by atoms with Crippen LogP contribution >= 0.6 is 0 Å². The van der Waals surface area contributed by atoms with Crippen LogP contribution in [0.25, 0.3) is 0 Å². The van der Waals surface area contributed by atoms with Crippen molar-refractivity contribution in [1.82, 2.24) is 0 Å². The molecule has 0 aliphatic rings. The first-order valence-corrected chi connectivity index (χ1v) is 5.36. The lowest BCUT2D eigenvalue weighted by Gasteiger charge is -2.02. The van der Waals surface area contributed by atoms with Gasteiger partial charge in [-0.2, -0.15) is 0 Å². The van der Waals surface area contributed by atoms with Crippen molar-refractivity contribution < 1.29 is 24.0 Å². The Balaban J connectivity index is 2.16. The second-order valence-electron chi connectivity index (χ2n) is 3.73. The van der Waals surface area contributed by atoms with Crippen LogP contribution in [0.1, 0.15) is 21.1 Å². The maximum atomic E-state index is 11.8. The maximum absolute atomic E-state index is 11.8. The number of non-ortho nitro benzene ring substituents is 1. The number of hydrogen-bond donors (Lipinski definition) is 2. The first kappa shape index (κ1) is 13.3. The highest BCUT2D eigenvalue weighted by molar-refractivity contribution is 6.03. The first-order chi connectivity index (χ1) is 9.47. The Morgan fingerprint density at radius 1 is 1.20 bits per heavy atom. The topological polar surface area (TPSA) is 123 Å². The molecule has 20 heavy (non-hydrogen) atoms. The lowest BCUT2D eigenvalue weighted by Crippen LogP contribution is -2.11. The molecule has 1 heterocycles. The van der Waals surface area contributed by atoms with Crippen LogP contribution in [-0.4, -0.2) is 21.9 Å². The minimum Gasteiger partial charge on any atom is -0.475 e. The third-order valence-electron chi connectivity index (χ3n) is 2.36. The zero-order valence-electron chi connectivity index (χ0n) is 9.90. The standard InChI is InChI=1S/C12H8N2O6/c15-11(9-4-5-10(20-9)12(16)17)13-7-2-1-3-8(6-7)14(18)19/h1-6H,(H,13,15)(H,16,17). The number of benzene rings is 1. The van der Waals surface area contributed by atoms with Crippen LogP contribution in [0.2, 0.25) is 0 Å². The summed E-state index contributed by atoms with van der Waals surface area (Å²) in [5, 5.41) is 21.6. The van der Waals surface area contributed by atoms with Gasteiger partial charge in [0.25, 0.3) is 11.6 Å². The molecule has 0 aliphatic carbocycles. The molecule has 0 radical (unpaired) electrons. The fourth-order valence-corrected chi connectivity index (χ4v) is 1.46. The zero-order valence-corrected chi connectivity index (χ0v) is 9.90. The van der Waals surface area contributed by atoms with Crippen LogP contribution in [-0.2, 0) is 0 Å². The number of nitro benzene ring substituents is 1. The molecule has 0 saturated heterocycles. The monoisotopic (exact) mass is 276 g/mol. The van der Waals surface area contributed by atoms with Gasteiger partial charge in [0.15, 0.2) is 5.76 Å². The van der Waals surface area contributed by atoms with Crippen molar-refractivity contribution in [3.8, 4) is 0 Å². The molecule has 0 bridgehead atoms. The van der Waals surface area contributed by atoms with Crippen molar-refractivity contribution in [2.24, 2.45) is 0 Å². The van der Waals surface area contributed by atoms with Gasteiger partial charge in [0, 0.05) is 17.8 Å². The highest BCUT2D eigenvalue weighted by Crippen LogP contribution is 2.18. The summed E-state index contributed by atoms with van der Waals surface area (Å²) in [6.45, 7) is 0. The number of nitrogens with one attached hydrogen (secondary N) is 1. The number of carbonyl (C=O) groups is 2. The predicted molar refractivity (Wildman–Crippen MR) is 66.7 cm³/mol. The van der Waals surface area contributed by atoms with Crippen molar-refractivity contribution >= 4 is 23.3 Å². The number of rotatable bonds is 4. The van der Waals surface area contributed by atoms with Gasteiger partial charge in [-0.1, -0.05) is 6.07 Å². The number of hydrogen-bond acceptors (Lipinski definition) is 5. The lowest BCUT2D eigenvalue weighted by molar-refractivity contribution is -0.384. The smallest absolute Gasteiger partial charge is 0.371 e. The number of amides is 1. The van der Waals surface area contributed by atoms with Crippen LogP contribution < -0.4 is 5.32 Å². The zero-order chi connectivity index (χ0) is 14.7. The molecule has 0 saturated carbocycles. The van der Waals surface area contributed by atoms with Crippen molar-refractivity contribution in [2.75, 3.05) is 5.32 Å². The first-order valence-electron chi connectivity index (χ1n) is 5.36. The minimum absolute atomic E-state index is 0.173. The van der Waals surface area contributed by atoms with Crippen LogP contribution in [0.15, 0.2) is 40.8 Å². The highest BCUT2D eigenvalue weighted by Gasteiger charge is 2.15. The molecule has 0 atom stereocenters. The highest BCUT2D eigenvalue weighted by atomic mass is 16.6. The fraction of sp³-hybridized carbons (Fsp3) is 0. The van der Waals surface area contributed by atoms with Crippen molar-refractivity contribution in [1.29, 1.82) is 0 Å². The Bertz CT molecular complexity index is 691. The van der Waals surface area contributed by atoms with E-state index >= 15 is 0 Å². The van der Waals surface area contributed by atoms with Gasteiger partial charge in [-0.05, 0) is 18.2 Å². The average molecular weight is 276 g/mol. The Morgan fingerprint density at radius 2 is 1.90 bits per heavy atom. The Hall–Kier alpha value is -3.16. The molecular weight excluding hydrogens is 268 g/mol. The molecule has 102 valence electrons. The van der Waals surface area contributed by atoms with Gasteiger partial charge in [0.2, 0.25) is 5.76 Å². The summed E-state index contributed by atoms with van der Waals surface area (Å²) < 4.78 is 4.81. The average Bonchev–Trinajstić information content (AvgIpc) is 2.88. The largest absolute Gasteiger partial charge is 0.475 e. The molecule has 0 fully saturated rings. The SMILES string of the molecule is O=C(O)c1ccc(C(=O)Nc2cccc([N+](=O)[O-])c2)o1. The maximum Gasteiger partial charge on any atom is 0.371 e. The molecule has 0 unspecified atom stereocenters. The molecule has 8 nitrogen and oxygen atoms in total. The van der Waals surface area contributed by atoms with E-state index in [4.69, 9.17) is 9.52 Å². The molecule has 0 spiro atoms. The van der Waals surface area contributed by atoms with E-state index in [1.54, 1.807) is 0 Å². The molecule has 8 heteroatoms. The summed E-state index contributed by atoms with van der Waals surface area (Å²) in [5.74, 6) is -2.56. The Kier molecular flexibility index (Phi) is 3.47. The lowest BCUT2D eigenvalue weighted by atomic mass is 10.2. The second kappa shape index (κ2) is 5.22. The molecule has 1 amide bonds. The van der Waals surface area contributed by atoms with Gasteiger partial charge in [0.1, 0.15) is 0 Å². The molecule has 2 aromatic rings. The van der Waals surface area contributed by atoms with Crippen LogP contribution in [0.3, 0.4) is 0 Å². The van der Waals surface area contributed by atoms with E-state index in [1.165, 1.54) is 30.3 Å². The number of nitrogens with zero attached hydrogens (tertiary/aromatic N) is 1. The second-order valence-corrected chi connectivity index (χ2v) is 3.73. The van der Waals surface area contributed by atoms with Gasteiger partial charge >= 0.3 is 5.97 Å². The molecule has 0 aliphatic heterocycles. The Morgan fingerprint density at radius 3 is 2.50 bits per heavy atom. The van der Waals surface area contributed by atoms with Crippen molar-refractivity contribution in [2.45, 2.75) is 0 Å². The summed E-state index contributed by atoms with van der Waals surface area (Å²) in [5.41, 5.74) is 0.0333. The summed E-state index contributed by atoms with van der Waals surface area (Å²) in [7, 11) is 0. The number of aromatic carboxylic acids is 1. The molecule has 2 rings (SSSR count). The van der Waals surface area contributed by atoms with E-state index in [0.717, 1.165) is 6.07 Å². The van der Waals surface area contributed by atoms with Gasteiger partial charge in [-0.15, -0.1) is 0 Å². The number of carboxylic acid groups (broad SMARTS) is 1. The number of anilines is 1. The van der Waals surface area contributed by atoms with E-state index in [-0.39, 0.29) is 22.9 Å². The normalized spacial score (nSPS) is 10.0. The number of carboxylic acids is 1. The minimum atomic E-state index is -1.29. The van der Waals surface area contributed by atoms with Gasteiger partial charge in [-0.25, -0.2) is 4.79 Å². The molecule has 2 N–H and O–H groups in total. The van der Waals surface area contributed by atoms with E-state index < -0.39 is 16.8 Å². The van der Waals surface area contributed by atoms with E-state index in [1.807, 2.05) is 0 Å². The van der Waals surface area contributed by atoms with Crippen LogP contribution in [0.5, 0.6) is 0 Å². The summed E-state index contributed by atoms with van der Waals surface area (Å²) in [6.07, 6.45) is 0. The Labute approximate surface area is 111 Å². The summed E-state index contributed by atoms with van der Waals surface area (Å²) >= 11 is 0. The van der Waals surface area contributed by atoms with Gasteiger partial charge in [0.05, 0.1) is 4.92 Å². The summed E-state index contributed by atoms with van der Waals surface area (Å²) in [6, 6.07) is 7.69. The van der Waals surface area contributed by atoms with E-state index in [0.29, 0.717) is 0 Å². The van der Waals surface area contributed by atoms with Crippen molar-refractivity contribution in [3.05, 3.63) is 58.0 Å². The third kappa shape index (κ3) is 2.80. The molecule has 1 aromatic heterocycles. The van der Waals surface area contributed by atoms with Crippen LogP contribution in [0, 0.1) is 10.1 Å². The molecular formula is C12H8N2O6. The number of nitro groups is 1. The third-order valence-corrected chi connectivity index (χ3v) is 2.36. The van der Waals surface area contributed by atoms with Gasteiger partial charge < -0.3 is 14.8 Å². The summed E-state index contributed by atoms with van der Waals surface area (Å²) in [4.78, 5) is 32.4.